The highest BCUT2D eigenvalue weighted by Crippen LogP contribution is 2.23. The summed E-state index contributed by atoms with van der Waals surface area (Å²) in [7, 11) is 1.51. The van der Waals surface area contributed by atoms with Crippen molar-refractivity contribution in [1.82, 2.24) is 5.32 Å². The van der Waals surface area contributed by atoms with Crippen LogP contribution in [0.4, 0.5) is 4.39 Å². The number of hydrogen-bond acceptors (Lipinski definition) is 2. The van der Waals surface area contributed by atoms with E-state index in [1.807, 2.05) is 0 Å². The summed E-state index contributed by atoms with van der Waals surface area (Å²) in [6.07, 6.45) is 0. The summed E-state index contributed by atoms with van der Waals surface area (Å²) in [5.41, 5.74) is 1.14. The molecule has 1 N–H and O–H groups in total. The Hall–Kier alpha value is -1.88. The number of carbonyl (C=O) groups excluding carboxylic acids is 1. The van der Waals surface area contributed by atoms with E-state index in [-0.39, 0.29) is 18.3 Å². The second-order valence-electron chi connectivity index (χ2n) is 4.16. The van der Waals surface area contributed by atoms with Crippen molar-refractivity contribution in [2.24, 2.45) is 0 Å². The third-order valence-corrected chi connectivity index (χ3v) is 3.24. The number of methoxy groups -OCH3 is 1. The van der Waals surface area contributed by atoms with Crippen LogP contribution in [0.1, 0.15) is 15.9 Å². The van der Waals surface area contributed by atoms with Crippen LogP contribution in [0, 0.1) is 5.82 Å². The van der Waals surface area contributed by atoms with Crippen LogP contribution in [0.15, 0.2) is 46.9 Å². The SMILES string of the molecule is COc1cc(Br)ccc1C(=O)NCc1cccc(F)c1. The average molecular weight is 338 g/mol. The molecule has 3 nitrogen and oxygen atoms in total. The fraction of sp³-hybridized carbons (Fsp3) is 0.133. The van der Waals surface area contributed by atoms with Gasteiger partial charge in [-0.25, -0.2) is 4.39 Å². The zero-order chi connectivity index (χ0) is 14.5. The Morgan fingerprint density at radius 3 is 2.80 bits per heavy atom. The molecule has 1 amide bonds. The lowest BCUT2D eigenvalue weighted by Crippen LogP contribution is -2.23. The third-order valence-electron chi connectivity index (χ3n) is 2.75. The van der Waals surface area contributed by atoms with Gasteiger partial charge < -0.3 is 10.1 Å². The van der Waals surface area contributed by atoms with Gasteiger partial charge in [-0.2, -0.15) is 0 Å². The first-order chi connectivity index (χ1) is 9.60. The molecule has 0 saturated heterocycles. The van der Waals surface area contributed by atoms with Gasteiger partial charge in [0.1, 0.15) is 11.6 Å². The number of nitrogens with one attached hydrogen (secondary N) is 1. The van der Waals surface area contributed by atoms with Crippen LogP contribution in [-0.4, -0.2) is 13.0 Å². The second-order valence-corrected chi connectivity index (χ2v) is 5.07. The molecule has 2 rings (SSSR count). The maximum Gasteiger partial charge on any atom is 0.255 e. The molecular formula is C15H13BrFNO2. The van der Waals surface area contributed by atoms with E-state index in [1.165, 1.54) is 19.2 Å². The number of halogens is 2. The predicted molar refractivity (Wildman–Crippen MR) is 78.3 cm³/mol. The van der Waals surface area contributed by atoms with Crippen molar-refractivity contribution in [2.75, 3.05) is 7.11 Å². The summed E-state index contributed by atoms with van der Waals surface area (Å²) >= 11 is 3.32. The standard InChI is InChI=1S/C15H13BrFNO2/c1-20-14-8-11(16)5-6-13(14)15(19)18-9-10-3-2-4-12(17)7-10/h2-8H,9H2,1H3,(H,18,19). The van der Waals surface area contributed by atoms with Gasteiger partial charge in [-0.15, -0.1) is 0 Å². The molecule has 104 valence electrons. The van der Waals surface area contributed by atoms with Crippen LogP contribution in [-0.2, 0) is 6.54 Å². The number of hydrogen-bond donors (Lipinski definition) is 1. The van der Waals surface area contributed by atoms with E-state index in [0.717, 1.165) is 4.47 Å². The van der Waals surface area contributed by atoms with Crippen molar-refractivity contribution >= 4 is 21.8 Å². The van der Waals surface area contributed by atoms with E-state index in [2.05, 4.69) is 21.2 Å². The first-order valence-corrected chi connectivity index (χ1v) is 6.75. The summed E-state index contributed by atoms with van der Waals surface area (Å²) in [5, 5.41) is 2.74. The summed E-state index contributed by atoms with van der Waals surface area (Å²) < 4.78 is 19.0. The van der Waals surface area contributed by atoms with E-state index >= 15 is 0 Å². The van der Waals surface area contributed by atoms with Crippen LogP contribution in [0.25, 0.3) is 0 Å². The monoisotopic (exact) mass is 337 g/mol. The minimum absolute atomic E-state index is 0.260. The zero-order valence-corrected chi connectivity index (χ0v) is 12.4. The average Bonchev–Trinajstić information content (AvgIpc) is 2.44. The van der Waals surface area contributed by atoms with Crippen molar-refractivity contribution in [3.63, 3.8) is 0 Å². The van der Waals surface area contributed by atoms with E-state index in [0.29, 0.717) is 16.9 Å². The van der Waals surface area contributed by atoms with Crippen LogP contribution < -0.4 is 10.1 Å². The molecule has 0 saturated carbocycles. The highest BCUT2D eigenvalue weighted by molar-refractivity contribution is 9.10. The molecule has 0 aliphatic heterocycles. The van der Waals surface area contributed by atoms with E-state index in [9.17, 15) is 9.18 Å². The second kappa shape index (κ2) is 6.52. The van der Waals surface area contributed by atoms with Crippen LogP contribution in [0.3, 0.4) is 0 Å². The number of amides is 1. The molecule has 0 atom stereocenters. The first kappa shape index (κ1) is 14.5. The Bertz CT molecular complexity index is 631. The highest BCUT2D eigenvalue weighted by Gasteiger charge is 2.12. The van der Waals surface area contributed by atoms with Gasteiger partial charge in [0.25, 0.3) is 5.91 Å². The van der Waals surface area contributed by atoms with Gasteiger partial charge in [-0.1, -0.05) is 28.1 Å². The van der Waals surface area contributed by atoms with E-state index in [4.69, 9.17) is 4.74 Å². The molecule has 2 aromatic carbocycles. The van der Waals surface area contributed by atoms with Gasteiger partial charge in [0.15, 0.2) is 0 Å². The van der Waals surface area contributed by atoms with Gasteiger partial charge >= 0.3 is 0 Å². The molecule has 0 bridgehead atoms. The van der Waals surface area contributed by atoms with Gasteiger partial charge in [-0.3, -0.25) is 4.79 Å². The Kier molecular flexibility index (Phi) is 4.74. The Morgan fingerprint density at radius 2 is 2.10 bits per heavy atom. The van der Waals surface area contributed by atoms with E-state index < -0.39 is 0 Å². The number of carbonyl (C=O) groups is 1. The molecule has 0 heterocycles. The molecular weight excluding hydrogens is 325 g/mol. The molecule has 0 radical (unpaired) electrons. The normalized spacial score (nSPS) is 10.2. The lowest BCUT2D eigenvalue weighted by Gasteiger charge is -2.10. The fourth-order valence-electron chi connectivity index (χ4n) is 1.78. The molecule has 0 spiro atoms. The van der Waals surface area contributed by atoms with Crippen molar-refractivity contribution in [3.05, 3.63) is 63.9 Å². The van der Waals surface area contributed by atoms with Gasteiger partial charge in [0.2, 0.25) is 0 Å². The minimum atomic E-state index is -0.321. The van der Waals surface area contributed by atoms with Crippen LogP contribution in [0.2, 0.25) is 0 Å². The van der Waals surface area contributed by atoms with Gasteiger partial charge in [0.05, 0.1) is 12.7 Å². The van der Waals surface area contributed by atoms with Crippen LogP contribution in [0.5, 0.6) is 5.75 Å². The fourth-order valence-corrected chi connectivity index (χ4v) is 2.12. The van der Waals surface area contributed by atoms with Gasteiger partial charge in [-0.05, 0) is 35.9 Å². The van der Waals surface area contributed by atoms with Crippen molar-refractivity contribution in [3.8, 4) is 5.75 Å². The lowest BCUT2D eigenvalue weighted by atomic mass is 10.1. The first-order valence-electron chi connectivity index (χ1n) is 5.96. The molecule has 0 aliphatic rings. The summed E-state index contributed by atoms with van der Waals surface area (Å²) in [6, 6.07) is 11.3. The number of ether oxygens (including phenoxy) is 1. The molecule has 20 heavy (non-hydrogen) atoms. The summed E-state index contributed by atoms with van der Waals surface area (Å²) in [4.78, 5) is 12.1. The van der Waals surface area contributed by atoms with Crippen molar-refractivity contribution < 1.29 is 13.9 Å². The third kappa shape index (κ3) is 3.57. The highest BCUT2D eigenvalue weighted by atomic mass is 79.9. The molecule has 5 heteroatoms. The maximum atomic E-state index is 13.0. The molecule has 2 aromatic rings. The Balaban J connectivity index is 2.09. The Morgan fingerprint density at radius 1 is 1.30 bits per heavy atom. The maximum absolute atomic E-state index is 13.0. The molecule has 0 aromatic heterocycles. The number of benzene rings is 2. The van der Waals surface area contributed by atoms with Gasteiger partial charge in [0, 0.05) is 11.0 Å². The molecule has 0 unspecified atom stereocenters. The predicted octanol–water partition coefficient (Wildman–Crippen LogP) is 3.53. The quantitative estimate of drug-likeness (QED) is 0.926. The summed E-state index contributed by atoms with van der Waals surface area (Å²) in [5.74, 6) is -0.104. The topological polar surface area (TPSA) is 38.3 Å². The van der Waals surface area contributed by atoms with Crippen molar-refractivity contribution in [1.29, 1.82) is 0 Å². The molecule has 0 fully saturated rings. The van der Waals surface area contributed by atoms with Crippen molar-refractivity contribution in [2.45, 2.75) is 6.54 Å². The van der Waals surface area contributed by atoms with E-state index in [1.54, 1.807) is 30.3 Å². The smallest absolute Gasteiger partial charge is 0.255 e. The Labute approximate surface area is 124 Å². The number of rotatable bonds is 4. The molecule has 0 aliphatic carbocycles. The largest absolute Gasteiger partial charge is 0.496 e. The summed E-state index contributed by atoms with van der Waals surface area (Å²) in [6.45, 7) is 0.260. The van der Waals surface area contributed by atoms with Crippen LogP contribution >= 0.6 is 15.9 Å². The lowest BCUT2D eigenvalue weighted by molar-refractivity contribution is 0.0948. The minimum Gasteiger partial charge on any atom is -0.496 e. The zero-order valence-electron chi connectivity index (χ0n) is 10.8.